The number of hydrogen-bond acceptors (Lipinski definition) is 10. The number of pyridine rings is 2. The van der Waals surface area contributed by atoms with Crippen LogP contribution in [0.15, 0.2) is 109 Å². The first-order chi connectivity index (χ1) is 30.5. The van der Waals surface area contributed by atoms with E-state index in [1.807, 2.05) is 132 Å². The molecule has 6 rings (SSSR count). The minimum Gasteiger partial charge on any atom is -0.453 e. The summed E-state index contributed by atoms with van der Waals surface area (Å²) < 4.78 is 4.85. The number of carbonyl (C=O) groups is 4. The third-order valence-electron chi connectivity index (χ3n) is 11.3. The van der Waals surface area contributed by atoms with Crippen molar-refractivity contribution in [1.29, 1.82) is 0 Å². The zero-order valence-electron chi connectivity index (χ0n) is 37.7. The number of hydrogen-bond donors (Lipinski definition) is 4. The van der Waals surface area contributed by atoms with Gasteiger partial charge in [-0.2, -0.15) is 0 Å². The van der Waals surface area contributed by atoms with Gasteiger partial charge in [0.2, 0.25) is 11.8 Å². The predicted molar refractivity (Wildman–Crippen MR) is 248 cm³/mol. The lowest BCUT2D eigenvalue weighted by atomic mass is 9.84. The van der Waals surface area contributed by atoms with Crippen molar-refractivity contribution in [3.63, 3.8) is 0 Å². The molecular formula is C49H60N8O6S. The molecule has 0 saturated carbocycles. The first kappa shape index (κ1) is 47.3. The lowest BCUT2D eigenvalue weighted by molar-refractivity contribution is -0.131. The molecule has 14 nitrogen and oxygen atoms in total. The van der Waals surface area contributed by atoms with E-state index >= 15 is 0 Å². The van der Waals surface area contributed by atoms with Crippen LogP contribution in [0.1, 0.15) is 64.8 Å². The Morgan fingerprint density at radius 1 is 0.797 bits per heavy atom. The molecule has 0 radical (unpaired) electrons. The van der Waals surface area contributed by atoms with Crippen molar-refractivity contribution in [3.8, 4) is 21.8 Å². The minimum absolute atomic E-state index is 0.0475. The summed E-state index contributed by atoms with van der Waals surface area (Å²) in [4.78, 5) is 72.1. The number of benzene rings is 2. The summed E-state index contributed by atoms with van der Waals surface area (Å²) in [7, 11) is 1.24. The topological polar surface area (TPSA) is 179 Å². The zero-order chi connectivity index (χ0) is 46.0. The average Bonchev–Trinajstić information content (AvgIpc) is 3.88. The second kappa shape index (κ2) is 21.0. The van der Waals surface area contributed by atoms with Crippen molar-refractivity contribution in [3.05, 3.63) is 126 Å². The summed E-state index contributed by atoms with van der Waals surface area (Å²) in [5.74, 6) is -0.837. The van der Waals surface area contributed by atoms with Gasteiger partial charge in [0, 0.05) is 54.2 Å². The van der Waals surface area contributed by atoms with E-state index in [9.17, 15) is 24.3 Å². The molecule has 3 aromatic heterocycles. The van der Waals surface area contributed by atoms with Crippen LogP contribution in [-0.4, -0.2) is 104 Å². The maximum atomic E-state index is 14.7. The Balaban J connectivity index is 1.24. The first-order valence-corrected chi connectivity index (χ1v) is 22.5. The molecule has 5 atom stereocenters. The predicted octanol–water partition coefficient (Wildman–Crippen LogP) is 6.90. The maximum absolute atomic E-state index is 14.7. The molecule has 0 bridgehead atoms. The molecule has 5 amide bonds. The smallest absolute Gasteiger partial charge is 0.407 e. The van der Waals surface area contributed by atoms with Crippen LogP contribution in [0.4, 0.5) is 9.59 Å². The Kier molecular flexibility index (Phi) is 15.5. The Hall–Kier alpha value is -6.19. The van der Waals surface area contributed by atoms with Crippen LogP contribution in [0.3, 0.4) is 0 Å². The number of methoxy groups -OCH3 is 1. The fourth-order valence-corrected chi connectivity index (χ4v) is 8.82. The normalized spacial score (nSPS) is 15.5. The number of nitrogens with zero attached hydrogens (tertiary/aromatic N) is 5. The van der Waals surface area contributed by atoms with E-state index in [0.29, 0.717) is 26.1 Å². The van der Waals surface area contributed by atoms with Crippen LogP contribution in [0.2, 0.25) is 0 Å². The average molecular weight is 889 g/mol. The highest BCUT2D eigenvalue weighted by molar-refractivity contribution is 7.13. The molecule has 0 spiro atoms. The van der Waals surface area contributed by atoms with Gasteiger partial charge in [0.25, 0.3) is 0 Å². The molecule has 15 heteroatoms. The number of alkyl carbamates (subject to hydrolysis) is 1. The number of urea groups is 1. The number of ether oxygens (including phenoxy) is 1. The number of aromatic nitrogens is 3. The van der Waals surface area contributed by atoms with Crippen LogP contribution in [0.5, 0.6) is 0 Å². The Morgan fingerprint density at radius 2 is 1.52 bits per heavy atom. The number of amides is 5. The van der Waals surface area contributed by atoms with Gasteiger partial charge in [-0.15, -0.1) is 11.3 Å². The molecule has 1 saturated heterocycles. The highest BCUT2D eigenvalue weighted by Gasteiger charge is 2.44. The van der Waals surface area contributed by atoms with Crippen LogP contribution < -0.4 is 16.0 Å². The van der Waals surface area contributed by atoms with Gasteiger partial charge in [0.15, 0.2) is 0 Å². The van der Waals surface area contributed by atoms with E-state index in [2.05, 4.69) is 25.9 Å². The number of carbonyl (C=O) groups excluding carboxylic acids is 4. The van der Waals surface area contributed by atoms with E-state index in [4.69, 9.17) is 9.72 Å². The van der Waals surface area contributed by atoms with Crippen molar-refractivity contribution >= 4 is 35.3 Å². The van der Waals surface area contributed by atoms with Crippen LogP contribution >= 0.6 is 11.3 Å². The summed E-state index contributed by atoms with van der Waals surface area (Å²) in [5.41, 5.74) is 3.81. The van der Waals surface area contributed by atoms with Gasteiger partial charge in [0.1, 0.15) is 17.1 Å². The Morgan fingerprint density at radius 3 is 2.16 bits per heavy atom. The van der Waals surface area contributed by atoms with Gasteiger partial charge < -0.3 is 35.6 Å². The summed E-state index contributed by atoms with van der Waals surface area (Å²) >= 11 is 1.49. The summed E-state index contributed by atoms with van der Waals surface area (Å²) in [5, 5.41) is 24.0. The van der Waals surface area contributed by atoms with Gasteiger partial charge in [-0.05, 0) is 65.5 Å². The molecule has 0 aliphatic carbocycles. The molecule has 1 aliphatic rings. The van der Waals surface area contributed by atoms with E-state index < -0.39 is 59.0 Å². The molecule has 1 aliphatic heterocycles. The standard InChI is InChI=1S/C49H60N8O6S/c1-48(2,3)41(55-46(61)63-7)43(59)52-36(26-33-18-20-34(21-19-33)38-17-11-12-23-51-38)28-40(58)39(27-32-14-9-8-10-15-32)54-44(60)42(49(4,5)6)57-25-24-56(47(57)62)30-37-31-64-45(53-37)35-16-13-22-50-29-35/h8-23,29,31,36,39-42,58H,24-28,30H2,1-7H3,(H,52,59)(H,54,60)(H,55,61)/t36-,39+,40+,41-,42-/m1/s1. The van der Waals surface area contributed by atoms with Gasteiger partial charge in [-0.25, -0.2) is 14.6 Å². The van der Waals surface area contributed by atoms with Crippen LogP contribution in [0.25, 0.3) is 21.8 Å². The van der Waals surface area contributed by atoms with Gasteiger partial charge in [-0.1, -0.05) is 102 Å². The van der Waals surface area contributed by atoms with E-state index in [-0.39, 0.29) is 18.9 Å². The van der Waals surface area contributed by atoms with E-state index in [1.54, 1.807) is 28.4 Å². The monoisotopic (exact) mass is 888 g/mol. The summed E-state index contributed by atoms with van der Waals surface area (Å²) in [6.45, 7) is 12.3. The number of aliphatic hydroxyl groups is 1. The zero-order valence-corrected chi connectivity index (χ0v) is 38.5. The van der Waals surface area contributed by atoms with Gasteiger partial charge in [-0.3, -0.25) is 19.6 Å². The van der Waals surface area contributed by atoms with Gasteiger partial charge in [0.05, 0.1) is 37.2 Å². The van der Waals surface area contributed by atoms with E-state index in [0.717, 1.165) is 38.6 Å². The second-order valence-electron chi connectivity index (χ2n) is 18.4. The third kappa shape index (κ3) is 12.5. The SMILES string of the molecule is COC(=O)N[C@H](C(=O)N[C@H](Cc1ccc(-c2ccccn2)cc1)C[C@H](O)[C@H](Cc1ccccc1)NC(=O)[C@@H](N1CCN(Cc2csc(-c3cccnc3)n2)C1=O)C(C)(C)C)C(C)(C)C. The molecule has 1 fully saturated rings. The fraction of sp³-hybridized carbons (Fsp3) is 0.408. The molecule has 0 unspecified atom stereocenters. The number of aliphatic hydroxyl groups excluding tert-OH is 1. The lowest BCUT2D eigenvalue weighted by Crippen LogP contribution is -2.59. The Labute approximate surface area is 379 Å². The molecule has 64 heavy (non-hydrogen) atoms. The van der Waals surface area contributed by atoms with E-state index in [1.165, 1.54) is 18.4 Å². The largest absolute Gasteiger partial charge is 0.453 e. The highest BCUT2D eigenvalue weighted by Crippen LogP contribution is 2.30. The molecule has 5 aromatic rings. The summed E-state index contributed by atoms with van der Waals surface area (Å²) in [6, 6.07) is 23.4. The van der Waals surface area contributed by atoms with Crippen molar-refractivity contribution in [2.45, 2.75) is 97.6 Å². The fourth-order valence-electron chi connectivity index (χ4n) is 8.02. The minimum atomic E-state index is -1.16. The molecule has 338 valence electrons. The van der Waals surface area contributed by atoms with Crippen molar-refractivity contribution in [2.24, 2.45) is 10.8 Å². The van der Waals surface area contributed by atoms with Crippen LogP contribution in [-0.2, 0) is 33.7 Å². The number of thiazole rings is 1. The number of rotatable bonds is 17. The molecular weight excluding hydrogens is 829 g/mol. The second-order valence-corrected chi connectivity index (χ2v) is 19.3. The summed E-state index contributed by atoms with van der Waals surface area (Å²) in [6.07, 6.45) is 3.96. The molecule has 2 aromatic carbocycles. The van der Waals surface area contributed by atoms with Crippen molar-refractivity contribution < 1.29 is 29.0 Å². The van der Waals surface area contributed by atoms with Gasteiger partial charge >= 0.3 is 12.1 Å². The third-order valence-corrected chi connectivity index (χ3v) is 12.2. The lowest BCUT2D eigenvalue weighted by Gasteiger charge is -2.38. The number of nitrogens with one attached hydrogen (secondary N) is 3. The quantitative estimate of drug-likeness (QED) is 0.0774. The molecule has 4 N–H and O–H groups in total. The van der Waals surface area contributed by atoms with Crippen molar-refractivity contribution in [1.82, 2.24) is 40.7 Å². The first-order valence-electron chi connectivity index (χ1n) is 21.6. The maximum Gasteiger partial charge on any atom is 0.407 e. The van der Waals surface area contributed by atoms with Crippen molar-refractivity contribution in [2.75, 3.05) is 20.2 Å². The molecule has 4 heterocycles. The Bertz CT molecular complexity index is 2320. The van der Waals surface area contributed by atoms with Crippen LogP contribution in [0, 0.1) is 10.8 Å². The highest BCUT2D eigenvalue weighted by atomic mass is 32.1.